The summed E-state index contributed by atoms with van der Waals surface area (Å²) in [7, 11) is 1.74. The summed E-state index contributed by atoms with van der Waals surface area (Å²) in [6.07, 6.45) is 1.98. The fraction of sp³-hybridized carbons (Fsp3) is 0.233. The Bertz CT molecular complexity index is 1730. The van der Waals surface area contributed by atoms with Gasteiger partial charge in [0.1, 0.15) is 5.75 Å². The van der Waals surface area contributed by atoms with Gasteiger partial charge >= 0.3 is 11.7 Å². The topological polar surface area (TPSA) is 95.6 Å². The minimum atomic E-state index is -0.413. The molecule has 3 heterocycles. The molecule has 1 fully saturated rings. The van der Waals surface area contributed by atoms with Gasteiger partial charge < -0.3 is 14.6 Å². The van der Waals surface area contributed by atoms with Gasteiger partial charge in [-0.15, -0.1) is 0 Å². The van der Waals surface area contributed by atoms with Gasteiger partial charge in [0.15, 0.2) is 0 Å². The first-order chi connectivity index (χ1) is 18.4. The summed E-state index contributed by atoms with van der Waals surface area (Å²) in [6, 6.07) is 20.7. The molecule has 1 aliphatic heterocycles. The maximum Gasteiger partial charge on any atom is 0.333 e. The molecule has 0 spiro atoms. The highest BCUT2D eigenvalue weighted by Gasteiger charge is 2.42. The molecule has 1 N–H and O–H groups in total. The number of aromatic nitrogens is 3. The lowest BCUT2D eigenvalue weighted by Crippen LogP contribution is -2.48. The average Bonchev–Trinajstić information content (AvgIpc) is 3.17. The molecule has 2 aromatic heterocycles. The van der Waals surface area contributed by atoms with E-state index in [1.807, 2.05) is 54.6 Å². The number of carbonyl (C=O) groups is 1. The number of carbonyl (C=O) groups excluding carboxylic acids is 1. The number of phenols is 1. The van der Waals surface area contributed by atoms with Crippen molar-refractivity contribution >= 4 is 27.9 Å². The van der Waals surface area contributed by atoms with Crippen molar-refractivity contribution in [3.05, 3.63) is 89.0 Å². The zero-order chi connectivity index (χ0) is 26.4. The van der Waals surface area contributed by atoms with E-state index in [0.29, 0.717) is 19.8 Å². The van der Waals surface area contributed by atoms with Crippen LogP contribution in [-0.4, -0.2) is 45.0 Å². The van der Waals surface area contributed by atoms with Crippen LogP contribution < -0.4 is 5.69 Å². The van der Waals surface area contributed by atoms with Crippen molar-refractivity contribution in [3.8, 4) is 22.6 Å². The predicted molar refractivity (Wildman–Crippen MR) is 145 cm³/mol. The highest BCUT2D eigenvalue weighted by atomic mass is 16.5. The molecule has 3 aromatic carbocycles. The molecule has 1 saturated heterocycles. The number of aryl methyl sites for hydroxylation is 1. The van der Waals surface area contributed by atoms with Gasteiger partial charge in [0.05, 0.1) is 60.1 Å². The van der Waals surface area contributed by atoms with Crippen LogP contribution in [0, 0.1) is 0 Å². The number of nitrogens with zero attached hydrogens (tertiary/aromatic N) is 3. The van der Waals surface area contributed by atoms with Crippen molar-refractivity contribution in [2.45, 2.75) is 18.8 Å². The Hall–Kier alpha value is -4.43. The molecule has 38 heavy (non-hydrogen) atoms. The number of rotatable bonds is 6. The van der Waals surface area contributed by atoms with Crippen LogP contribution >= 0.6 is 0 Å². The Kier molecular flexibility index (Phi) is 5.76. The fourth-order valence-corrected chi connectivity index (χ4v) is 5.24. The molecule has 192 valence electrons. The number of benzene rings is 3. The van der Waals surface area contributed by atoms with Crippen LogP contribution in [0.15, 0.2) is 77.7 Å². The number of hydrogen-bond donors (Lipinski definition) is 1. The normalized spacial score (nSPS) is 14.5. The van der Waals surface area contributed by atoms with Crippen molar-refractivity contribution in [1.82, 2.24) is 14.1 Å². The quantitative estimate of drug-likeness (QED) is 0.340. The third-order valence-electron chi connectivity index (χ3n) is 7.37. The van der Waals surface area contributed by atoms with Crippen LogP contribution in [0.2, 0.25) is 0 Å². The highest BCUT2D eigenvalue weighted by Crippen LogP contribution is 2.37. The number of esters is 1. The molecular formula is C30H27N3O5. The number of phenolic OH excluding ortho intramolecular Hbond substituents is 1. The van der Waals surface area contributed by atoms with Crippen molar-refractivity contribution in [2.24, 2.45) is 7.05 Å². The van der Waals surface area contributed by atoms with E-state index in [1.165, 1.54) is 0 Å². The second-order valence-corrected chi connectivity index (χ2v) is 9.75. The monoisotopic (exact) mass is 509 g/mol. The molecule has 0 amide bonds. The molecule has 0 saturated carbocycles. The Morgan fingerprint density at radius 2 is 1.76 bits per heavy atom. The summed E-state index contributed by atoms with van der Waals surface area (Å²) in [5, 5.41) is 10.5. The van der Waals surface area contributed by atoms with Gasteiger partial charge in [-0.2, -0.15) is 0 Å². The molecule has 1 aliphatic rings. The van der Waals surface area contributed by atoms with Crippen LogP contribution in [-0.2, 0) is 26.7 Å². The molecule has 6 rings (SSSR count). The van der Waals surface area contributed by atoms with E-state index >= 15 is 0 Å². The second kappa shape index (κ2) is 9.15. The van der Waals surface area contributed by atoms with Gasteiger partial charge in [-0.1, -0.05) is 30.3 Å². The largest absolute Gasteiger partial charge is 0.508 e. The third-order valence-corrected chi connectivity index (χ3v) is 7.37. The number of fused-ring (bicyclic) bond motifs is 3. The van der Waals surface area contributed by atoms with Crippen molar-refractivity contribution < 1.29 is 19.4 Å². The van der Waals surface area contributed by atoms with Crippen LogP contribution in [0.3, 0.4) is 0 Å². The lowest BCUT2D eigenvalue weighted by atomic mass is 9.76. The van der Waals surface area contributed by atoms with Crippen molar-refractivity contribution in [1.29, 1.82) is 0 Å². The third kappa shape index (κ3) is 3.85. The molecule has 8 heteroatoms. The van der Waals surface area contributed by atoms with E-state index in [-0.39, 0.29) is 23.8 Å². The number of imidazole rings is 1. The second-order valence-electron chi connectivity index (χ2n) is 9.75. The van der Waals surface area contributed by atoms with E-state index in [0.717, 1.165) is 44.3 Å². The minimum Gasteiger partial charge on any atom is -0.508 e. The lowest BCUT2D eigenvalue weighted by Gasteiger charge is -2.41. The molecule has 5 aromatic rings. The molecule has 0 radical (unpaired) electrons. The summed E-state index contributed by atoms with van der Waals surface area (Å²) >= 11 is 0. The Morgan fingerprint density at radius 3 is 2.42 bits per heavy atom. The van der Waals surface area contributed by atoms with Crippen molar-refractivity contribution in [3.63, 3.8) is 0 Å². The first-order valence-electron chi connectivity index (χ1n) is 12.5. The molecule has 0 unspecified atom stereocenters. The predicted octanol–water partition coefficient (Wildman–Crippen LogP) is 4.47. The lowest BCUT2D eigenvalue weighted by molar-refractivity contribution is -0.151. The SMILES string of the molecule is CCOC(=O)CC1(c2ccc(-n3c(=O)n(C)c4cnc5ccc(-c6ccc(O)cc6)cc5c43)cc2)COC1. The summed E-state index contributed by atoms with van der Waals surface area (Å²) in [6.45, 7) is 3.05. The van der Waals surface area contributed by atoms with Crippen LogP contribution in [0.1, 0.15) is 18.9 Å². The van der Waals surface area contributed by atoms with E-state index < -0.39 is 5.41 Å². The van der Waals surface area contributed by atoms with Crippen molar-refractivity contribution in [2.75, 3.05) is 19.8 Å². The van der Waals surface area contributed by atoms with Crippen LogP contribution in [0.4, 0.5) is 0 Å². The van der Waals surface area contributed by atoms with Gasteiger partial charge in [0, 0.05) is 12.4 Å². The average molecular weight is 510 g/mol. The first kappa shape index (κ1) is 23.9. The molecular weight excluding hydrogens is 482 g/mol. The number of ether oxygens (including phenoxy) is 2. The molecule has 8 nitrogen and oxygen atoms in total. The zero-order valence-electron chi connectivity index (χ0n) is 21.2. The Balaban J connectivity index is 1.47. The number of pyridine rings is 1. The molecule has 0 bridgehead atoms. The van der Waals surface area contributed by atoms with Gasteiger partial charge in [-0.25, -0.2) is 4.79 Å². The maximum absolute atomic E-state index is 13.5. The Morgan fingerprint density at radius 1 is 1.05 bits per heavy atom. The van der Waals surface area contributed by atoms with E-state index in [1.54, 1.807) is 41.4 Å². The maximum atomic E-state index is 13.5. The summed E-state index contributed by atoms with van der Waals surface area (Å²) in [4.78, 5) is 30.3. The zero-order valence-corrected chi connectivity index (χ0v) is 21.2. The smallest absolute Gasteiger partial charge is 0.333 e. The van der Waals surface area contributed by atoms with Gasteiger partial charge in [0.2, 0.25) is 0 Å². The minimum absolute atomic E-state index is 0.176. The Labute approximate surface area is 218 Å². The summed E-state index contributed by atoms with van der Waals surface area (Å²) in [5.74, 6) is -0.0370. The van der Waals surface area contributed by atoms with Gasteiger partial charge in [0.25, 0.3) is 0 Å². The van der Waals surface area contributed by atoms with E-state index in [2.05, 4.69) is 4.98 Å². The van der Waals surface area contributed by atoms with Gasteiger partial charge in [-0.05, 0) is 60.0 Å². The summed E-state index contributed by atoms with van der Waals surface area (Å²) in [5.41, 5.74) is 5.28. The van der Waals surface area contributed by atoms with Gasteiger partial charge in [-0.3, -0.25) is 18.9 Å². The number of aromatic hydroxyl groups is 1. The fourth-order valence-electron chi connectivity index (χ4n) is 5.24. The molecule has 0 aliphatic carbocycles. The first-order valence-corrected chi connectivity index (χ1v) is 12.5. The van der Waals surface area contributed by atoms with E-state index in [4.69, 9.17) is 9.47 Å². The molecule has 0 atom stereocenters. The summed E-state index contributed by atoms with van der Waals surface area (Å²) < 4.78 is 14.0. The van der Waals surface area contributed by atoms with E-state index in [9.17, 15) is 14.7 Å². The standard InChI is InChI=1S/C30H27N3O5/c1-3-38-27(35)15-30(17-37-18-30)21-7-9-22(10-8-21)33-28-24-14-20(19-4-11-23(34)12-5-19)6-13-25(24)31-16-26(28)32(2)29(33)36/h4-14,16,34H,3,15,17-18H2,1-2H3. The van der Waals surface area contributed by atoms with Crippen LogP contribution in [0.25, 0.3) is 38.8 Å². The van der Waals surface area contributed by atoms with Crippen LogP contribution in [0.5, 0.6) is 5.75 Å². The number of hydrogen-bond acceptors (Lipinski definition) is 6. The highest BCUT2D eigenvalue weighted by molar-refractivity contribution is 6.04.